The van der Waals surface area contributed by atoms with Crippen molar-refractivity contribution in [1.29, 1.82) is 0 Å². The smallest absolute Gasteiger partial charge is 0 e. The van der Waals surface area contributed by atoms with Gasteiger partial charge in [0.25, 0.3) is 0 Å². The molecular weight excluding hydrogens is 149 g/mol. The zero-order valence-corrected chi connectivity index (χ0v) is 7.83. The van der Waals surface area contributed by atoms with E-state index in [1.807, 2.05) is 6.92 Å². The van der Waals surface area contributed by atoms with Crippen molar-refractivity contribution >= 4 is 0 Å². The summed E-state index contributed by atoms with van der Waals surface area (Å²) in [5, 5.41) is 0. The van der Waals surface area contributed by atoms with Gasteiger partial charge < -0.3 is 21.8 Å². The van der Waals surface area contributed by atoms with Crippen LogP contribution in [0.3, 0.4) is 0 Å². The summed E-state index contributed by atoms with van der Waals surface area (Å²) < 4.78 is 0. The summed E-state index contributed by atoms with van der Waals surface area (Å²) in [5.74, 6) is 0. The van der Waals surface area contributed by atoms with Crippen molar-refractivity contribution < 1.29 is 32.7 Å². The molecule has 0 saturated carbocycles. The molecule has 1 radical (unpaired) electrons. The average molecular weight is 162 g/mol. The number of hydrogen-bond donors (Lipinski definition) is 0. The van der Waals surface area contributed by atoms with Crippen molar-refractivity contribution in [2.24, 2.45) is 0 Å². The second kappa shape index (κ2) is 35.9. The first-order valence-corrected chi connectivity index (χ1v) is 1.21. The molecule has 6 heavy (non-hydrogen) atoms. The first-order chi connectivity index (χ1) is 1.41. The first-order valence-electron chi connectivity index (χ1n) is 1.21. The van der Waals surface area contributed by atoms with Gasteiger partial charge in [0.15, 0.2) is 0 Å². The fourth-order valence-corrected chi connectivity index (χ4v) is 0. The van der Waals surface area contributed by atoms with Crippen molar-refractivity contribution in [3.05, 3.63) is 21.8 Å². The van der Waals surface area contributed by atoms with Crippen LogP contribution in [0, 0.1) is 21.8 Å². The van der Waals surface area contributed by atoms with E-state index < -0.39 is 0 Å². The predicted molar refractivity (Wildman–Crippen MR) is 28.5 cm³/mol. The van der Waals surface area contributed by atoms with Crippen LogP contribution < -0.4 is 0 Å². The van der Waals surface area contributed by atoms with E-state index in [2.05, 4.69) is 6.92 Å². The third-order valence-electron chi connectivity index (χ3n) is 0. The summed E-state index contributed by atoms with van der Waals surface area (Å²) in [6, 6.07) is 0. The van der Waals surface area contributed by atoms with Gasteiger partial charge in [-0.05, 0) is 0 Å². The molecule has 0 fully saturated rings. The van der Waals surface area contributed by atoms with Crippen LogP contribution in [0.25, 0.3) is 0 Å². The third-order valence-corrected chi connectivity index (χ3v) is 0. The van der Waals surface area contributed by atoms with Gasteiger partial charge in [-0.2, -0.15) is 6.42 Å². The summed E-state index contributed by atoms with van der Waals surface area (Å²) >= 11 is 0. The van der Waals surface area contributed by atoms with E-state index in [9.17, 15) is 0 Å². The van der Waals surface area contributed by atoms with Gasteiger partial charge in [-0.1, -0.05) is 6.92 Å². The van der Waals surface area contributed by atoms with E-state index in [1.54, 1.807) is 0 Å². The predicted octanol–water partition coefficient (Wildman–Crippen LogP) is 2.13. The van der Waals surface area contributed by atoms with Crippen molar-refractivity contribution in [1.82, 2.24) is 0 Å². The van der Waals surface area contributed by atoms with Crippen LogP contribution in [0.15, 0.2) is 0 Å². The maximum atomic E-state index is 3.49. The molecule has 0 N–H and O–H groups in total. The van der Waals surface area contributed by atoms with Gasteiger partial charge in [0, 0.05) is 32.7 Å². The number of hydrogen-bond acceptors (Lipinski definition) is 0. The monoisotopic (exact) mass is 162 g/mol. The summed E-state index contributed by atoms with van der Waals surface area (Å²) in [5.41, 5.74) is 0. The Labute approximate surface area is 67.6 Å². The molecule has 0 aromatic rings. The molecule has 0 amide bonds. The summed E-state index contributed by atoms with van der Waals surface area (Å²) in [4.78, 5) is 0. The standard InChI is InChI=1S/C3H7.2CH3.Y/c1-3-2;;;/h1,3H2,2H3;2*1H3;/q3*-1;. The largest absolute Gasteiger partial charge is 0.358 e. The van der Waals surface area contributed by atoms with E-state index in [1.165, 1.54) is 0 Å². The molecule has 0 aromatic carbocycles. The normalized spacial score (nSPS) is 3.00. The molecule has 0 aromatic heterocycles. The zero-order valence-electron chi connectivity index (χ0n) is 4.99. The van der Waals surface area contributed by atoms with Crippen LogP contribution in [0.5, 0.6) is 0 Å². The van der Waals surface area contributed by atoms with Gasteiger partial charge in [0.2, 0.25) is 0 Å². The Balaban J connectivity index is -0.00000000667. The van der Waals surface area contributed by atoms with Crippen molar-refractivity contribution in [2.75, 3.05) is 0 Å². The second-order valence-corrected chi connectivity index (χ2v) is 0.500. The maximum Gasteiger partial charge on any atom is 0 e. The van der Waals surface area contributed by atoms with Crippen LogP contribution in [-0.4, -0.2) is 0 Å². The molecular formula is C5H13Y-3. The van der Waals surface area contributed by atoms with Gasteiger partial charge in [-0.15, -0.1) is 0 Å². The minimum atomic E-state index is 0. The molecule has 1 heteroatoms. The minimum Gasteiger partial charge on any atom is -0.358 e. The molecule has 0 aliphatic rings. The fourth-order valence-electron chi connectivity index (χ4n) is 0. The molecule has 39 valence electrons. The van der Waals surface area contributed by atoms with E-state index in [-0.39, 0.29) is 47.6 Å². The van der Waals surface area contributed by atoms with Gasteiger partial charge in [0.1, 0.15) is 0 Å². The molecule has 0 heterocycles. The third kappa shape index (κ3) is 70.5. The summed E-state index contributed by atoms with van der Waals surface area (Å²) in [7, 11) is 0. The molecule has 0 aliphatic heterocycles. The average Bonchev–Trinajstić information content (AvgIpc) is 0.918. The quantitative estimate of drug-likeness (QED) is 0.478. The number of rotatable bonds is 0. The van der Waals surface area contributed by atoms with Gasteiger partial charge >= 0.3 is 0 Å². The van der Waals surface area contributed by atoms with E-state index in [0.717, 1.165) is 6.42 Å². The SMILES string of the molecule is [CH2-]CC.[CH3-].[CH3-].[Y]. The Morgan fingerprint density at radius 3 is 1.33 bits per heavy atom. The van der Waals surface area contributed by atoms with Crippen LogP contribution >= 0.6 is 0 Å². The zero-order chi connectivity index (χ0) is 2.71. The van der Waals surface area contributed by atoms with Gasteiger partial charge in [0.05, 0.1) is 0 Å². The minimum absolute atomic E-state index is 0. The van der Waals surface area contributed by atoms with Crippen LogP contribution in [-0.2, 0) is 32.7 Å². The molecule has 0 aliphatic carbocycles. The second-order valence-electron chi connectivity index (χ2n) is 0.500. The van der Waals surface area contributed by atoms with Gasteiger partial charge in [-0.25, -0.2) is 0 Å². The van der Waals surface area contributed by atoms with E-state index in [4.69, 9.17) is 0 Å². The van der Waals surface area contributed by atoms with Gasteiger partial charge in [-0.3, -0.25) is 0 Å². The Bertz CT molecular complexity index is 3.90. The van der Waals surface area contributed by atoms with Crippen molar-refractivity contribution in [2.45, 2.75) is 13.3 Å². The van der Waals surface area contributed by atoms with Crippen molar-refractivity contribution in [3.8, 4) is 0 Å². The Kier molecular flexibility index (Phi) is 164. The molecule has 0 unspecified atom stereocenters. The molecule has 0 rings (SSSR count). The van der Waals surface area contributed by atoms with Crippen LogP contribution in [0.4, 0.5) is 0 Å². The molecule has 0 nitrogen and oxygen atoms in total. The summed E-state index contributed by atoms with van der Waals surface area (Å²) in [6.07, 6.45) is 1.00. The van der Waals surface area contributed by atoms with Crippen molar-refractivity contribution in [3.63, 3.8) is 0 Å². The maximum absolute atomic E-state index is 3.49. The Hall–Kier alpha value is 1.10. The first kappa shape index (κ1) is 27.5. The van der Waals surface area contributed by atoms with E-state index >= 15 is 0 Å². The fraction of sp³-hybridized carbons (Fsp3) is 0.400. The molecule has 0 spiro atoms. The van der Waals surface area contributed by atoms with E-state index in [0.29, 0.717) is 0 Å². The molecule has 0 saturated heterocycles. The van der Waals surface area contributed by atoms with Crippen LogP contribution in [0.1, 0.15) is 13.3 Å². The topological polar surface area (TPSA) is 0 Å². The molecule has 0 atom stereocenters. The summed E-state index contributed by atoms with van der Waals surface area (Å²) in [6.45, 7) is 5.50. The Morgan fingerprint density at radius 1 is 1.33 bits per heavy atom. The molecule has 0 bridgehead atoms. The Morgan fingerprint density at radius 2 is 1.33 bits per heavy atom. The van der Waals surface area contributed by atoms with Crippen LogP contribution in [0.2, 0.25) is 0 Å².